The van der Waals surface area contributed by atoms with Crippen LogP contribution in [0, 0.1) is 6.92 Å². The Labute approximate surface area is 73.9 Å². The van der Waals surface area contributed by atoms with Crippen molar-refractivity contribution in [3.05, 3.63) is 29.3 Å². The Morgan fingerprint density at radius 1 is 1.58 bits per heavy atom. The maximum absolute atomic E-state index is 10.4. The molecule has 3 N–H and O–H groups in total. The minimum atomic E-state index is -1.79. The molecule has 12 heavy (non-hydrogen) atoms. The van der Waals surface area contributed by atoms with E-state index in [2.05, 4.69) is 0 Å². The second kappa shape index (κ2) is 3.69. The van der Waals surface area contributed by atoms with Crippen LogP contribution < -0.4 is 5.73 Å². The van der Waals surface area contributed by atoms with Gasteiger partial charge >= 0.3 is 0 Å². The minimum Gasteiger partial charge on any atom is -0.399 e. The van der Waals surface area contributed by atoms with Crippen LogP contribution in [0.2, 0.25) is 0 Å². The van der Waals surface area contributed by atoms with Gasteiger partial charge in [-0.15, -0.1) is 0 Å². The van der Waals surface area contributed by atoms with Gasteiger partial charge in [-0.25, -0.2) is 4.21 Å². The predicted molar refractivity (Wildman–Crippen MR) is 50.1 cm³/mol. The van der Waals surface area contributed by atoms with Gasteiger partial charge in [0.05, 0.1) is 5.75 Å². The second-order valence-corrected chi connectivity index (χ2v) is 3.59. The summed E-state index contributed by atoms with van der Waals surface area (Å²) in [5, 5.41) is 0. The minimum absolute atomic E-state index is 0.143. The van der Waals surface area contributed by atoms with Crippen molar-refractivity contribution < 1.29 is 8.76 Å². The lowest BCUT2D eigenvalue weighted by molar-refractivity contribution is 0.563. The van der Waals surface area contributed by atoms with Crippen LogP contribution in [0.3, 0.4) is 0 Å². The first kappa shape index (κ1) is 9.22. The Morgan fingerprint density at radius 3 is 2.75 bits per heavy atom. The van der Waals surface area contributed by atoms with E-state index >= 15 is 0 Å². The zero-order valence-corrected chi connectivity index (χ0v) is 7.60. The van der Waals surface area contributed by atoms with Gasteiger partial charge in [-0.05, 0) is 24.1 Å². The average molecular weight is 185 g/mol. The Hall–Kier alpha value is -0.870. The molecule has 0 aromatic heterocycles. The van der Waals surface area contributed by atoms with E-state index in [1.807, 2.05) is 13.0 Å². The topological polar surface area (TPSA) is 63.3 Å². The quantitative estimate of drug-likeness (QED) is 0.539. The fraction of sp³-hybridized carbons (Fsp3) is 0.250. The number of nitrogen functional groups attached to an aromatic ring is 1. The lowest BCUT2D eigenvalue weighted by Crippen LogP contribution is -1.96. The number of aryl methyl sites for hydroxylation is 1. The van der Waals surface area contributed by atoms with Gasteiger partial charge < -0.3 is 10.3 Å². The van der Waals surface area contributed by atoms with Crippen molar-refractivity contribution in [1.82, 2.24) is 0 Å². The van der Waals surface area contributed by atoms with Gasteiger partial charge in [0.1, 0.15) is 0 Å². The van der Waals surface area contributed by atoms with E-state index in [1.165, 1.54) is 0 Å². The van der Waals surface area contributed by atoms with Crippen LogP contribution in [0.1, 0.15) is 11.1 Å². The summed E-state index contributed by atoms with van der Waals surface area (Å²) >= 11 is -1.79. The first-order valence-electron chi connectivity index (χ1n) is 3.52. The number of hydrogen-bond acceptors (Lipinski definition) is 2. The maximum atomic E-state index is 10.4. The van der Waals surface area contributed by atoms with Gasteiger partial charge in [-0.2, -0.15) is 0 Å². The Bertz CT molecular complexity index is 312. The lowest BCUT2D eigenvalue weighted by atomic mass is 10.1. The second-order valence-electron chi connectivity index (χ2n) is 2.66. The third-order valence-corrected chi connectivity index (χ3v) is 2.21. The zero-order chi connectivity index (χ0) is 9.14. The van der Waals surface area contributed by atoms with Crippen molar-refractivity contribution in [2.24, 2.45) is 0 Å². The van der Waals surface area contributed by atoms with Gasteiger partial charge in [-0.1, -0.05) is 12.1 Å². The van der Waals surface area contributed by atoms with E-state index in [0.29, 0.717) is 5.69 Å². The highest BCUT2D eigenvalue weighted by molar-refractivity contribution is 7.78. The molecule has 1 aromatic rings. The molecule has 1 unspecified atom stereocenters. The molecule has 0 heterocycles. The van der Waals surface area contributed by atoms with Crippen molar-refractivity contribution in [3.8, 4) is 0 Å². The Morgan fingerprint density at radius 2 is 2.25 bits per heavy atom. The third kappa shape index (κ3) is 2.32. The van der Waals surface area contributed by atoms with E-state index in [1.54, 1.807) is 12.1 Å². The number of benzene rings is 1. The van der Waals surface area contributed by atoms with Gasteiger partial charge in [0.15, 0.2) is 11.1 Å². The summed E-state index contributed by atoms with van der Waals surface area (Å²) in [4.78, 5) is 0. The summed E-state index contributed by atoms with van der Waals surface area (Å²) in [6.07, 6.45) is 0. The molecule has 0 fully saturated rings. The summed E-state index contributed by atoms with van der Waals surface area (Å²) in [5.74, 6) is 0.143. The Balaban J connectivity index is 2.89. The van der Waals surface area contributed by atoms with Crippen LogP contribution in [-0.2, 0) is 16.8 Å². The van der Waals surface area contributed by atoms with Gasteiger partial charge in [-0.3, -0.25) is 0 Å². The molecule has 0 bridgehead atoms. The number of anilines is 1. The highest BCUT2D eigenvalue weighted by atomic mass is 32.2. The summed E-state index contributed by atoms with van der Waals surface area (Å²) in [5.41, 5.74) is 8.06. The molecular weight excluding hydrogens is 174 g/mol. The van der Waals surface area contributed by atoms with Crippen LogP contribution in [0.25, 0.3) is 0 Å². The number of nitrogens with two attached hydrogens (primary N) is 1. The maximum Gasteiger partial charge on any atom is 0.157 e. The molecule has 1 aromatic carbocycles. The molecule has 66 valence electrons. The summed E-state index contributed by atoms with van der Waals surface area (Å²) in [6, 6.07) is 5.38. The third-order valence-electron chi connectivity index (χ3n) is 1.63. The largest absolute Gasteiger partial charge is 0.399 e. The van der Waals surface area contributed by atoms with Crippen LogP contribution in [0.4, 0.5) is 5.69 Å². The Kier molecular flexibility index (Phi) is 2.83. The van der Waals surface area contributed by atoms with Crippen LogP contribution in [0.5, 0.6) is 0 Å². The van der Waals surface area contributed by atoms with E-state index in [-0.39, 0.29) is 5.75 Å². The molecule has 0 amide bonds. The van der Waals surface area contributed by atoms with E-state index in [9.17, 15) is 4.21 Å². The zero-order valence-electron chi connectivity index (χ0n) is 6.78. The van der Waals surface area contributed by atoms with Crippen LogP contribution in [0.15, 0.2) is 18.2 Å². The van der Waals surface area contributed by atoms with E-state index in [4.69, 9.17) is 10.3 Å². The van der Waals surface area contributed by atoms with Crippen LogP contribution >= 0.6 is 0 Å². The van der Waals surface area contributed by atoms with Crippen molar-refractivity contribution in [2.75, 3.05) is 5.73 Å². The monoisotopic (exact) mass is 185 g/mol. The smallest absolute Gasteiger partial charge is 0.157 e. The van der Waals surface area contributed by atoms with Crippen molar-refractivity contribution in [3.63, 3.8) is 0 Å². The first-order valence-corrected chi connectivity index (χ1v) is 4.79. The summed E-state index contributed by atoms with van der Waals surface area (Å²) < 4.78 is 19.0. The molecule has 1 rings (SSSR count). The average Bonchev–Trinajstić information content (AvgIpc) is 1.96. The van der Waals surface area contributed by atoms with Gasteiger partial charge in [0.25, 0.3) is 0 Å². The molecule has 0 radical (unpaired) electrons. The number of hydrogen-bond donors (Lipinski definition) is 2. The predicted octanol–water partition coefficient (Wildman–Crippen LogP) is 1.30. The molecule has 0 saturated carbocycles. The fourth-order valence-corrected chi connectivity index (χ4v) is 1.39. The molecule has 4 heteroatoms. The standard InChI is InChI=1S/C8H11NO2S/c1-6-2-3-7(4-8(6)9)5-12(10)11/h2-4H,5,9H2,1H3,(H,10,11). The normalized spacial score (nSPS) is 12.8. The van der Waals surface area contributed by atoms with Crippen LogP contribution in [-0.4, -0.2) is 8.76 Å². The molecule has 0 aliphatic rings. The summed E-state index contributed by atoms with van der Waals surface area (Å²) in [6.45, 7) is 1.90. The molecule has 0 saturated heterocycles. The highest BCUT2D eigenvalue weighted by Gasteiger charge is 1.99. The number of rotatable bonds is 2. The molecule has 1 atom stereocenters. The molecule has 0 aliphatic heterocycles. The van der Waals surface area contributed by atoms with Gasteiger partial charge in [0, 0.05) is 5.69 Å². The fourth-order valence-electron chi connectivity index (χ4n) is 0.922. The van der Waals surface area contributed by atoms with E-state index < -0.39 is 11.1 Å². The first-order chi connectivity index (χ1) is 5.59. The molecule has 0 spiro atoms. The molecular formula is C8H11NO2S. The van der Waals surface area contributed by atoms with Gasteiger partial charge in [0.2, 0.25) is 0 Å². The molecule has 3 nitrogen and oxygen atoms in total. The van der Waals surface area contributed by atoms with E-state index in [0.717, 1.165) is 11.1 Å². The van der Waals surface area contributed by atoms with Crippen molar-refractivity contribution >= 4 is 16.8 Å². The lowest BCUT2D eigenvalue weighted by Gasteiger charge is -2.02. The van der Waals surface area contributed by atoms with Crippen molar-refractivity contribution in [2.45, 2.75) is 12.7 Å². The highest BCUT2D eigenvalue weighted by Crippen LogP contribution is 2.13. The van der Waals surface area contributed by atoms with Crippen molar-refractivity contribution in [1.29, 1.82) is 0 Å². The summed E-state index contributed by atoms with van der Waals surface area (Å²) in [7, 11) is 0. The molecule has 0 aliphatic carbocycles. The SMILES string of the molecule is Cc1ccc(CS(=O)O)cc1N.